The topological polar surface area (TPSA) is 47.6 Å². The molecule has 0 unspecified atom stereocenters. The molecule has 1 aliphatic heterocycles. The predicted octanol–water partition coefficient (Wildman–Crippen LogP) is 2.91. The summed E-state index contributed by atoms with van der Waals surface area (Å²) in [7, 11) is 3.20. The third-order valence-corrected chi connectivity index (χ3v) is 3.50. The van der Waals surface area contributed by atoms with Gasteiger partial charge in [0, 0.05) is 18.1 Å². The minimum atomic E-state index is 0.00711. The lowest BCUT2D eigenvalue weighted by Gasteiger charge is -2.27. The quantitative estimate of drug-likeness (QED) is 0.913. The fourth-order valence-electron chi connectivity index (χ4n) is 2.17. The van der Waals surface area contributed by atoms with Gasteiger partial charge in [0.2, 0.25) is 5.91 Å². The number of hydrogen-bond acceptors (Lipinski definition) is 3. The van der Waals surface area contributed by atoms with E-state index in [0.29, 0.717) is 12.2 Å². The Morgan fingerprint density at radius 2 is 2.12 bits per heavy atom. The average molecular weight is 300 g/mol. The van der Waals surface area contributed by atoms with Gasteiger partial charge in [-0.25, -0.2) is 0 Å². The first-order valence-corrected chi connectivity index (χ1v) is 6.12. The van der Waals surface area contributed by atoms with Crippen molar-refractivity contribution in [3.05, 3.63) is 16.1 Å². The van der Waals surface area contributed by atoms with E-state index < -0.39 is 0 Å². The van der Waals surface area contributed by atoms with Crippen LogP contribution in [0.25, 0.3) is 0 Å². The summed E-state index contributed by atoms with van der Waals surface area (Å²) >= 11 is 3.45. The van der Waals surface area contributed by atoms with Gasteiger partial charge in [-0.1, -0.05) is 6.92 Å². The SMILES string of the molecule is COc1cc(Br)c(OC)c2c1NC(=O)C[C@H]2C. The summed E-state index contributed by atoms with van der Waals surface area (Å²) in [6, 6.07) is 1.80. The van der Waals surface area contributed by atoms with Gasteiger partial charge in [-0.05, 0) is 21.8 Å². The molecular formula is C12H14BrNO3. The first kappa shape index (κ1) is 12.2. The molecule has 1 heterocycles. The van der Waals surface area contributed by atoms with Crippen molar-refractivity contribution in [1.82, 2.24) is 0 Å². The van der Waals surface area contributed by atoms with Gasteiger partial charge in [-0.15, -0.1) is 0 Å². The molecule has 0 radical (unpaired) electrons. The van der Waals surface area contributed by atoms with Crippen LogP contribution < -0.4 is 14.8 Å². The molecule has 1 N–H and O–H groups in total. The highest BCUT2D eigenvalue weighted by Crippen LogP contribution is 2.47. The minimum Gasteiger partial charge on any atom is -0.495 e. The molecular weight excluding hydrogens is 286 g/mol. The zero-order chi connectivity index (χ0) is 12.6. The summed E-state index contributed by atoms with van der Waals surface area (Å²) < 4.78 is 11.5. The summed E-state index contributed by atoms with van der Waals surface area (Å²) in [6.07, 6.45) is 0.461. The van der Waals surface area contributed by atoms with E-state index in [4.69, 9.17) is 9.47 Å². The van der Waals surface area contributed by atoms with Crippen LogP contribution in [0, 0.1) is 0 Å². The summed E-state index contributed by atoms with van der Waals surface area (Å²) in [6.45, 7) is 2.01. The molecule has 5 heteroatoms. The Balaban J connectivity index is 2.69. The number of carbonyl (C=O) groups excluding carboxylic acids is 1. The Hall–Kier alpha value is -1.23. The van der Waals surface area contributed by atoms with Gasteiger partial charge in [-0.2, -0.15) is 0 Å². The van der Waals surface area contributed by atoms with Crippen molar-refractivity contribution in [2.45, 2.75) is 19.3 Å². The van der Waals surface area contributed by atoms with Crippen molar-refractivity contribution in [3.63, 3.8) is 0 Å². The van der Waals surface area contributed by atoms with Gasteiger partial charge >= 0.3 is 0 Å². The summed E-state index contributed by atoms with van der Waals surface area (Å²) in [4.78, 5) is 11.6. The van der Waals surface area contributed by atoms with Crippen molar-refractivity contribution in [3.8, 4) is 11.5 Å². The number of hydrogen-bond donors (Lipinski definition) is 1. The standard InChI is InChI=1S/C12H14BrNO3/c1-6-4-9(15)14-11-8(16-2)5-7(13)12(17-3)10(6)11/h5-6H,4H2,1-3H3,(H,14,15)/t6-/m1/s1. The van der Waals surface area contributed by atoms with E-state index in [1.807, 2.05) is 6.92 Å². The van der Waals surface area contributed by atoms with Crippen LogP contribution in [0.5, 0.6) is 11.5 Å². The molecule has 0 aromatic heterocycles. The Labute approximate surface area is 108 Å². The highest BCUT2D eigenvalue weighted by Gasteiger charge is 2.29. The van der Waals surface area contributed by atoms with Crippen LogP contribution in [0.3, 0.4) is 0 Å². The van der Waals surface area contributed by atoms with Crippen molar-refractivity contribution in [1.29, 1.82) is 0 Å². The largest absolute Gasteiger partial charge is 0.495 e. The number of carbonyl (C=O) groups is 1. The maximum atomic E-state index is 11.6. The number of nitrogens with one attached hydrogen (secondary N) is 1. The molecule has 17 heavy (non-hydrogen) atoms. The number of benzene rings is 1. The molecule has 4 nitrogen and oxygen atoms in total. The summed E-state index contributed by atoms with van der Waals surface area (Å²) in [5.41, 5.74) is 1.70. The van der Waals surface area contributed by atoms with Crippen molar-refractivity contribution < 1.29 is 14.3 Å². The third kappa shape index (κ3) is 1.99. The average Bonchev–Trinajstić information content (AvgIpc) is 2.28. The monoisotopic (exact) mass is 299 g/mol. The lowest BCUT2D eigenvalue weighted by molar-refractivity contribution is -0.116. The van der Waals surface area contributed by atoms with E-state index in [1.54, 1.807) is 20.3 Å². The van der Waals surface area contributed by atoms with Crippen molar-refractivity contribution in [2.24, 2.45) is 0 Å². The number of ether oxygens (including phenoxy) is 2. The summed E-state index contributed by atoms with van der Waals surface area (Å²) in [5, 5.41) is 2.85. The van der Waals surface area contributed by atoms with E-state index >= 15 is 0 Å². The van der Waals surface area contributed by atoms with E-state index in [-0.39, 0.29) is 11.8 Å². The maximum absolute atomic E-state index is 11.6. The van der Waals surface area contributed by atoms with Crippen LogP contribution in [0.2, 0.25) is 0 Å². The van der Waals surface area contributed by atoms with Crippen LogP contribution in [-0.2, 0) is 4.79 Å². The zero-order valence-corrected chi connectivity index (χ0v) is 11.6. The molecule has 0 saturated heterocycles. The minimum absolute atomic E-state index is 0.00711. The summed E-state index contributed by atoms with van der Waals surface area (Å²) in [5.74, 6) is 1.52. The fraction of sp³-hybridized carbons (Fsp3) is 0.417. The normalized spacial score (nSPS) is 18.4. The number of anilines is 1. The molecule has 1 aromatic rings. The van der Waals surface area contributed by atoms with E-state index in [0.717, 1.165) is 21.5 Å². The molecule has 1 aliphatic rings. The Morgan fingerprint density at radius 3 is 2.71 bits per heavy atom. The first-order chi connectivity index (χ1) is 8.08. The number of methoxy groups -OCH3 is 2. The highest BCUT2D eigenvalue weighted by molar-refractivity contribution is 9.10. The van der Waals surface area contributed by atoms with Crippen molar-refractivity contribution >= 4 is 27.5 Å². The first-order valence-electron chi connectivity index (χ1n) is 5.32. The second-order valence-electron chi connectivity index (χ2n) is 4.04. The van der Waals surface area contributed by atoms with Gasteiger partial charge < -0.3 is 14.8 Å². The molecule has 2 rings (SSSR count). The molecule has 0 bridgehead atoms. The molecule has 1 aromatic carbocycles. The van der Waals surface area contributed by atoms with Crippen molar-refractivity contribution in [2.75, 3.05) is 19.5 Å². The Kier molecular flexibility index (Phi) is 3.28. The van der Waals surface area contributed by atoms with Gasteiger partial charge in [0.25, 0.3) is 0 Å². The van der Waals surface area contributed by atoms with Gasteiger partial charge in [0.05, 0.1) is 24.4 Å². The zero-order valence-electron chi connectivity index (χ0n) is 9.96. The Morgan fingerprint density at radius 1 is 1.41 bits per heavy atom. The second kappa shape index (κ2) is 4.56. The van der Waals surface area contributed by atoms with Gasteiger partial charge in [0.15, 0.2) is 0 Å². The number of rotatable bonds is 2. The van der Waals surface area contributed by atoms with Crippen LogP contribution in [0.1, 0.15) is 24.8 Å². The highest BCUT2D eigenvalue weighted by atomic mass is 79.9. The van der Waals surface area contributed by atoms with Crippen LogP contribution >= 0.6 is 15.9 Å². The number of amides is 1. The lowest BCUT2D eigenvalue weighted by Crippen LogP contribution is -2.22. The maximum Gasteiger partial charge on any atom is 0.225 e. The van der Waals surface area contributed by atoms with Gasteiger partial charge in [0.1, 0.15) is 11.5 Å². The lowest BCUT2D eigenvalue weighted by atomic mass is 9.91. The second-order valence-corrected chi connectivity index (χ2v) is 4.89. The molecule has 92 valence electrons. The van der Waals surface area contributed by atoms with E-state index in [9.17, 15) is 4.79 Å². The predicted molar refractivity (Wildman–Crippen MR) is 68.9 cm³/mol. The molecule has 0 fully saturated rings. The fourth-order valence-corrected chi connectivity index (χ4v) is 2.75. The molecule has 1 atom stereocenters. The molecule has 0 aliphatic carbocycles. The van der Waals surface area contributed by atoms with Gasteiger partial charge in [-0.3, -0.25) is 4.79 Å². The molecule has 0 spiro atoms. The van der Waals surface area contributed by atoms with Crippen LogP contribution in [0.15, 0.2) is 10.5 Å². The molecule has 0 saturated carbocycles. The molecule has 1 amide bonds. The van der Waals surface area contributed by atoms with E-state index in [1.165, 1.54) is 0 Å². The smallest absolute Gasteiger partial charge is 0.225 e. The van der Waals surface area contributed by atoms with Crippen LogP contribution in [-0.4, -0.2) is 20.1 Å². The number of halogens is 1. The number of fused-ring (bicyclic) bond motifs is 1. The Bertz CT molecular complexity index is 473. The van der Waals surface area contributed by atoms with E-state index in [2.05, 4.69) is 21.2 Å². The third-order valence-electron chi connectivity index (χ3n) is 2.91. The van der Waals surface area contributed by atoms with Crippen LogP contribution in [0.4, 0.5) is 5.69 Å².